The summed E-state index contributed by atoms with van der Waals surface area (Å²) in [6, 6.07) is 9.58. The zero-order valence-corrected chi connectivity index (χ0v) is 9.42. The smallest absolute Gasteiger partial charge is 0.229 e. The summed E-state index contributed by atoms with van der Waals surface area (Å²) in [4.78, 5) is 12.3. The van der Waals surface area contributed by atoms with Crippen molar-refractivity contribution < 1.29 is 4.74 Å². The van der Waals surface area contributed by atoms with Gasteiger partial charge in [0.1, 0.15) is 6.73 Å². The predicted molar refractivity (Wildman–Crippen MR) is 65.2 cm³/mol. The van der Waals surface area contributed by atoms with Crippen molar-refractivity contribution in [3.63, 3.8) is 0 Å². The Morgan fingerprint density at radius 1 is 1.18 bits per heavy atom. The van der Waals surface area contributed by atoms with Crippen LogP contribution in [0.3, 0.4) is 0 Å². The number of nitrogens with zero attached hydrogens (tertiary/aromatic N) is 3. The lowest BCUT2D eigenvalue weighted by Crippen LogP contribution is -2.10. The molecule has 0 unspecified atom stereocenters. The number of methoxy groups -OCH3 is 1. The van der Waals surface area contributed by atoms with Crippen LogP contribution in [0.1, 0.15) is 0 Å². The predicted octanol–water partition coefficient (Wildman–Crippen LogP) is 1.14. The molecule has 2 rings (SSSR count). The summed E-state index contributed by atoms with van der Waals surface area (Å²) in [5, 5.41) is 2.88. The zero-order chi connectivity index (χ0) is 12.1. The third kappa shape index (κ3) is 2.88. The van der Waals surface area contributed by atoms with E-state index in [0.29, 0.717) is 18.5 Å². The van der Waals surface area contributed by atoms with Gasteiger partial charge in [-0.05, 0) is 0 Å². The van der Waals surface area contributed by atoms with Gasteiger partial charge in [-0.25, -0.2) is 0 Å². The molecule has 0 saturated heterocycles. The highest BCUT2D eigenvalue weighted by Crippen LogP contribution is 2.15. The van der Waals surface area contributed by atoms with E-state index in [1.165, 1.54) is 0 Å². The maximum Gasteiger partial charge on any atom is 0.229 e. The number of anilines is 2. The Kier molecular flexibility index (Phi) is 3.46. The van der Waals surface area contributed by atoms with Gasteiger partial charge in [0.2, 0.25) is 11.9 Å². The van der Waals surface area contributed by atoms with Gasteiger partial charge in [0, 0.05) is 12.7 Å². The number of nitrogens with one attached hydrogen (secondary N) is 1. The Morgan fingerprint density at radius 3 is 2.65 bits per heavy atom. The molecule has 88 valence electrons. The number of ether oxygens (including phenoxy) is 1. The minimum absolute atomic E-state index is 0.178. The standard InChI is InChI=1S/C11H13N5O/c1-17-7-13-11-15-9(14-10(12)16-11)8-5-3-2-4-6-8/h2-6H,7H2,1H3,(H3,12,13,14,15,16). The number of nitrogen functional groups attached to an aromatic ring is 1. The van der Waals surface area contributed by atoms with E-state index in [9.17, 15) is 0 Å². The van der Waals surface area contributed by atoms with Crippen LogP contribution in [0.25, 0.3) is 11.4 Å². The molecular weight excluding hydrogens is 218 g/mol. The molecule has 0 aliphatic heterocycles. The lowest BCUT2D eigenvalue weighted by molar-refractivity contribution is 0.220. The minimum atomic E-state index is 0.178. The molecule has 0 radical (unpaired) electrons. The van der Waals surface area contributed by atoms with Gasteiger partial charge in [0.15, 0.2) is 5.82 Å². The molecule has 6 nitrogen and oxygen atoms in total. The summed E-state index contributed by atoms with van der Waals surface area (Å²) in [6.07, 6.45) is 0. The van der Waals surface area contributed by atoms with Gasteiger partial charge in [0.25, 0.3) is 0 Å². The number of benzene rings is 1. The van der Waals surface area contributed by atoms with Crippen LogP contribution in [-0.4, -0.2) is 28.8 Å². The zero-order valence-electron chi connectivity index (χ0n) is 9.42. The number of nitrogens with two attached hydrogens (primary N) is 1. The van der Waals surface area contributed by atoms with Crippen LogP contribution < -0.4 is 11.1 Å². The van der Waals surface area contributed by atoms with Crippen LogP contribution in [0, 0.1) is 0 Å². The van der Waals surface area contributed by atoms with Gasteiger partial charge in [-0.3, -0.25) is 0 Å². The second-order valence-electron chi connectivity index (χ2n) is 3.32. The van der Waals surface area contributed by atoms with Crippen molar-refractivity contribution in [2.24, 2.45) is 0 Å². The van der Waals surface area contributed by atoms with E-state index in [2.05, 4.69) is 20.3 Å². The molecule has 17 heavy (non-hydrogen) atoms. The van der Waals surface area contributed by atoms with Crippen LogP contribution in [0.4, 0.5) is 11.9 Å². The maximum absolute atomic E-state index is 5.63. The van der Waals surface area contributed by atoms with Crippen molar-refractivity contribution in [1.29, 1.82) is 0 Å². The monoisotopic (exact) mass is 231 g/mol. The summed E-state index contributed by atoms with van der Waals surface area (Å²) in [5.74, 6) is 1.12. The highest BCUT2D eigenvalue weighted by Gasteiger charge is 2.05. The molecule has 2 aromatic rings. The van der Waals surface area contributed by atoms with Gasteiger partial charge >= 0.3 is 0 Å². The molecule has 3 N–H and O–H groups in total. The van der Waals surface area contributed by atoms with E-state index in [0.717, 1.165) is 5.56 Å². The Bertz CT molecular complexity index is 488. The number of rotatable bonds is 4. The summed E-state index contributed by atoms with van der Waals surface area (Å²) < 4.78 is 4.88. The van der Waals surface area contributed by atoms with Crippen molar-refractivity contribution >= 4 is 11.9 Å². The van der Waals surface area contributed by atoms with Crippen LogP contribution in [0.15, 0.2) is 30.3 Å². The molecule has 0 aliphatic rings. The Morgan fingerprint density at radius 2 is 1.94 bits per heavy atom. The van der Waals surface area contributed by atoms with Crippen LogP contribution in [-0.2, 0) is 4.74 Å². The first-order chi connectivity index (χ1) is 8.29. The van der Waals surface area contributed by atoms with Gasteiger partial charge in [0.05, 0.1) is 0 Å². The van der Waals surface area contributed by atoms with Crippen molar-refractivity contribution in [1.82, 2.24) is 15.0 Å². The second kappa shape index (κ2) is 5.22. The maximum atomic E-state index is 5.63. The molecule has 0 amide bonds. The Balaban J connectivity index is 2.32. The average Bonchev–Trinajstić information content (AvgIpc) is 2.37. The highest BCUT2D eigenvalue weighted by molar-refractivity contribution is 5.57. The molecular formula is C11H13N5O. The topological polar surface area (TPSA) is 86.0 Å². The summed E-state index contributed by atoms with van der Waals surface area (Å²) in [6.45, 7) is 0.317. The van der Waals surface area contributed by atoms with E-state index in [1.54, 1.807) is 7.11 Å². The van der Waals surface area contributed by atoms with Crippen molar-refractivity contribution in [3.05, 3.63) is 30.3 Å². The van der Waals surface area contributed by atoms with Crippen molar-refractivity contribution in [3.8, 4) is 11.4 Å². The molecule has 0 atom stereocenters. The Hall–Kier alpha value is -2.21. The van der Waals surface area contributed by atoms with E-state index in [4.69, 9.17) is 10.5 Å². The molecule has 1 aromatic carbocycles. The van der Waals surface area contributed by atoms with E-state index in [-0.39, 0.29) is 5.95 Å². The fourth-order valence-electron chi connectivity index (χ4n) is 1.32. The van der Waals surface area contributed by atoms with Crippen LogP contribution in [0.5, 0.6) is 0 Å². The minimum Gasteiger partial charge on any atom is -0.368 e. The summed E-state index contributed by atoms with van der Waals surface area (Å²) in [5.41, 5.74) is 6.52. The number of hydrogen-bond donors (Lipinski definition) is 2. The number of hydrogen-bond acceptors (Lipinski definition) is 6. The van der Waals surface area contributed by atoms with Crippen LogP contribution >= 0.6 is 0 Å². The molecule has 0 bridgehead atoms. The first-order valence-corrected chi connectivity index (χ1v) is 5.09. The van der Waals surface area contributed by atoms with Gasteiger partial charge in [-0.2, -0.15) is 15.0 Å². The Labute approximate surface area is 98.9 Å². The van der Waals surface area contributed by atoms with Gasteiger partial charge in [-0.15, -0.1) is 0 Å². The highest BCUT2D eigenvalue weighted by atomic mass is 16.5. The largest absolute Gasteiger partial charge is 0.368 e. The normalized spacial score (nSPS) is 10.2. The lowest BCUT2D eigenvalue weighted by atomic mass is 10.2. The first kappa shape index (κ1) is 11.3. The number of aromatic nitrogens is 3. The summed E-state index contributed by atoms with van der Waals surface area (Å²) >= 11 is 0. The third-order valence-electron chi connectivity index (χ3n) is 2.06. The van der Waals surface area contributed by atoms with Crippen molar-refractivity contribution in [2.45, 2.75) is 0 Å². The summed E-state index contributed by atoms with van der Waals surface area (Å²) in [7, 11) is 1.58. The fourth-order valence-corrected chi connectivity index (χ4v) is 1.32. The van der Waals surface area contributed by atoms with E-state index in [1.807, 2.05) is 30.3 Å². The molecule has 0 spiro atoms. The molecule has 1 aromatic heterocycles. The second-order valence-corrected chi connectivity index (χ2v) is 3.32. The van der Waals surface area contributed by atoms with E-state index >= 15 is 0 Å². The van der Waals surface area contributed by atoms with E-state index < -0.39 is 0 Å². The third-order valence-corrected chi connectivity index (χ3v) is 2.06. The lowest BCUT2D eigenvalue weighted by Gasteiger charge is -2.06. The molecule has 6 heteroatoms. The SMILES string of the molecule is COCNc1nc(N)nc(-c2ccccc2)n1. The van der Waals surface area contributed by atoms with Gasteiger partial charge in [-0.1, -0.05) is 30.3 Å². The van der Waals surface area contributed by atoms with Crippen molar-refractivity contribution in [2.75, 3.05) is 24.9 Å². The molecule has 0 fully saturated rings. The van der Waals surface area contributed by atoms with Crippen LogP contribution in [0.2, 0.25) is 0 Å². The fraction of sp³-hybridized carbons (Fsp3) is 0.182. The molecule has 1 heterocycles. The first-order valence-electron chi connectivity index (χ1n) is 5.09. The average molecular weight is 231 g/mol. The molecule has 0 saturated carbocycles. The van der Waals surface area contributed by atoms with Gasteiger partial charge < -0.3 is 15.8 Å². The quantitative estimate of drug-likeness (QED) is 0.767. The molecule has 0 aliphatic carbocycles.